The van der Waals surface area contributed by atoms with Crippen LogP contribution in [-0.2, 0) is 4.74 Å². The molecule has 0 radical (unpaired) electrons. The van der Waals surface area contributed by atoms with Gasteiger partial charge in [0.05, 0.1) is 13.2 Å². The predicted molar refractivity (Wildman–Crippen MR) is 70.1 cm³/mol. The molecule has 2 rings (SSSR count). The first-order chi connectivity index (χ1) is 7.68. The van der Waals surface area contributed by atoms with Crippen LogP contribution in [0.2, 0.25) is 0 Å². The number of nitrogens with two attached hydrogens (primary N) is 1. The van der Waals surface area contributed by atoms with Crippen molar-refractivity contribution in [2.75, 3.05) is 31.2 Å². The van der Waals surface area contributed by atoms with Gasteiger partial charge in [-0.2, -0.15) is 0 Å². The number of benzene rings is 1. The number of nitrogens with zero attached hydrogens (tertiary/aromatic N) is 1. The zero-order valence-corrected chi connectivity index (χ0v) is 10.2. The zero-order chi connectivity index (χ0) is 11.5. The average Bonchev–Trinajstić information content (AvgIpc) is 2.29. The van der Waals surface area contributed by atoms with Gasteiger partial charge < -0.3 is 15.4 Å². The SMILES string of the molecule is Cc1cc(N2CCOCC2)ccc1C(N)=S. The summed E-state index contributed by atoms with van der Waals surface area (Å²) in [6, 6.07) is 6.22. The first-order valence-corrected chi connectivity index (χ1v) is 5.82. The molecule has 1 aliphatic heterocycles. The van der Waals surface area contributed by atoms with Crippen LogP contribution in [0.15, 0.2) is 18.2 Å². The van der Waals surface area contributed by atoms with Gasteiger partial charge in [0.15, 0.2) is 0 Å². The van der Waals surface area contributed by atoms with E-state index in [4.69, 9.17) is 22.7 Å². The Kier molecular flexibility index (Phi) is 3.41. The fraction of sp³-hybridized carbons (Fsp3) is 0.417. The lowest BCUT2D eigenvalue weighted by atomic mass is 10.1. The number of ether oxygens (including phenoxy) is 1. The third-order valence-electron chi connectivity index (χ3n) is 2.85. The third-order valence-corrected chi connectivity index (χ3v) is 3.07. The first kappa shape index (κ1) is 11.4. The maximum atomic E-state index is 5.64. The van der Waals surface area contributed by atoms with E-state index in [1.54, 1.807) is 0 Å². The Morgan fingerprint density at radius 2 is 2.06 bits per heavy atom. The fourth-order valence-electron chi connectivity index (χ4n) is 1.94. The Morgan fingerprint density at radius 1 is 1.38 bits per heavy atom. The highest BCUT2D eigenvalue weighted by Gasteiger charge is 2.12. The molecule has 0 aromatic heterocycles. The molecular formula is C12H16N2OS. The highest BCUT2D eigenvalue weighted by atomic mass is 32.1. The molecule has 1 heterocycles. The second-order valence-corrected chi connectivity index (χ2v) is 4.40. The van der Waals surface area contributed by atoms with Crippen molar-refractivity contribution in [2.45, 2.75) is 6.92 Å². The summed E-state index contributed by atoms with van der Waals surface area (Å²) >= 11 is 4.99. The smallest absolute Gasteiger partial charge is 0.104 e. The van der Waals surface area contributed by atoms with Gasteiger partial charge in [-0.3, -0.25) is 0 Å². The van der Waals surface area contributed by atoms with E-state index < -0.39 is 0 Å². The number of morpholine rings is 1. The van der Waals surface area contributed by atoms with Crippen LogP contribution in [0.1, 0.15) is 11.1 Å². The van der Waals surface area contributed by atoms with Crippen LogP contribution in [-0.4, -0.2) is 31.3 Å². The van der Waals surface area contributed by atoms with Gasteiger partial charge >= 0.3 is 0 Å². The van der Waals surface area contributed by atoms with Gasteiger partial charge in [-0.1, -0.05) is 12.2 Å². The van der Waals surface area contributed by atoms with Gasteiger partial charge in [0, 0.05) is 24.3 Å². The first-order valence-electron chi connectivity index (χ1n) is 5.41. The van der Waals surface area contributed by atoms with Crippen LogP contribution in [0.3, 0.4) is 0 Å². The van der Waals surface area contributed by atoms with E-state index in [1.165, 1.54) is 5.69 Å². The summed E-state index contributed by atoms with van der Waals surface area (Å²) in [6.07, 6.45) is 0. The molecule has 0 atom stereocenters. The summed E-state index contributed by atoms with van der Waals surface area (Å²) in [5.41, 5.74) is 8.96. The molecule has 0 saturated carbocycles. The van der Waals surface area contributed by atoms with Crippen molar-refractivity contribution in [3.05, 3.63) is 29.3 Å². The monoisotopic (exact) mass is 236 g/mol. The lowest BCUT2D eigenvalue weighted by Gasteiger charge is -2.29. The van der Waals surface area contributed by atoms with E-state index >= 15 is 0 Å². The van der Waals surface area contributed by atoms with Crippen molar-refractivity contribution in [3.8, 4) is 0 Å². The van der Waals surface area contributed by atoms with Crippen LogP contribution >= 0.6 is 12.2 Å². The molecule has 4 heteroatoms. The quantitative estimate of drug-likeness (QED) is 0.789. The van der Waals surface area contributed by atoms with Crippen molar-refractivity contribution in [1.29, 1.82) is 0 Å². The standard InChI is InChI=1S/C12H16N2OS/c1-9-8-10(2-3-11(9)12(13)16)14-4-6-15-7-5-14/h2-3,8H,4-7H2,1H3,(H2,13,16). The molecule has 0 unspecified atom stereocenters. The summed E-state index contributed by atoms with van der Waals surface area (Å²) in [4.78, 5) is 2.78. The van der Waals surface area contributed by atoms with Crippen molar-refractivity contribution in [3.63, 3.8) is 0 Å². The van der Waals surface area contributed by atoms with E-state index in [-0.39, 0.29) is 0 Å². The number of rotatable bonds is 2. The van der Waals surface area contributed by atoms with Gasteiger partial charge in [0.25, 0.3) is 0 Å². The van der Waals surface area contributed by atoms with Crippen LogP contribution in [0.25, 0.3) is 0 Å². The molecular weight excluding hydrogens is 220 g/mol. The van der Waals surface area contributed by atoms with Gasteiger partial charge in [-0.05, 0) is 30.7 Å². The van der Waals surface area contributed by atoms with Gasteiger partial charge in [-0.15, -0.1) is 0 Å². The van der Waals surface area contributed by atoms with E-state index in [9.17, 15) is 0 Å². The Labute approximate surface area is 101 Å². The molecule has 1 aliphatic rings. The second kappa shape index (κ2) is 4.80. The lowest BCUT2D eigenvalue weighted by molar-refractivity contribution is 0.122. The highest BCUT2D eigenvalue weighted by Crippen LogP contribution is 2.20. The van der Waals surface area contributed by atoms with Crippen LogP contribution in [0.4, 0.5) is 5.69 Å². The zero-order valence-electron chi connectivity index (χ0n) is 9.40. The van der Waals surface area contributed by atoms with E-state index in [0.29, 0.717) is 4.99 Å². The van der Waals surface area contributed by atoms with E-state index in [1.807, 2.05) is 13.0 Å². The highest BCUT2D eigenvalue weighted by molar-refractivity contribution is 7.80. The molecule has 16 heavy (non-hydrogen) atoms. The molecule has 2 N–H and O–H groups in total. The Bertz CT molecular complexity index is 400. The molecule has 0 aliphatic carbocycles. The topological polar surface area (TPSA) is 38.5 Å². The maximum absolute atomic E-state index is 5.64. The second-order valence-electron chi connectivity index (χ2n) is 3.96. The Balaban J connectivity index is 2.23. The summed E-state index contributed by atoms with van der Waals surface area (Å²) in [6.45, 7) is 5.54. The molecule has 1 saturated heterocycles. The fourth-order valence-corrected chi connectivity index (χ4v) is 2.17. The number of hydrogen-bond acceptors (Lipinski definition) is 3. The van der Waals surface area contributed by atoms with Gasteiger partial charge in [0.2, 0.25) is 0 Å². The van der Waals surface area contributed by atoms with E-state index in [2.05, 4.69) is 17.0 Å². The molecule has 3 nitrogen and oxygen atoms in total. The minimum atomic E-state index is 0.464. The molecule has 1 aromatic carbocycles. The van der Waals surface area contributed by atoms with E-state index in [0.717, 1.165) is 37.4 Å². The summed E-state index contributed by atoms with van der Waals surface area (Å²) in [7, 11) is 0. The number of thiocarbonyl (C=S) groups is 1. The molecule has 86 valence electrons. The predicted octanol–water partition coefficient (Wildman–Crippen LogP) is 1.47. The minimum absolute atomic E-state index is 0.464. The number of aryl methyl sites for hydroxylation is 1. The van der Waals surface area contributed by atoms with Crippen LogP contribution < -0.4 is 10.6 Å². The van der Waals surface area contributed by atoms with Gasteiger partial charge in [0.1, 0.15) is 4.99 Å². The molecule has 0 amide bonds. The van der Waals surface area contributed by atoms with Crippen molar-refractivity contribution >= 4 is 22.9 Å². The van der Waals surface area contributed by atoms with Crippen molar-refractivity contribution in [1.82, 2.24) is 0 Å². The minimum Gasteiger partial charge on any atom is -0.389 e. The Hall–Kier alpha value is -1.13. The molecule has 0 bridgehead atoms. The van der Waals surface area contributed by atoms with Crippen molar-refractivity contribution in [2.24, 2.45) is 5.73 Å². The van der Waals surface area contributed by atoms with Gasteiger partial charge in [-0.25, -0.2) is 0 Å². The number of anilines is 1. The Morgan fingerprint density at radius 3 is 2.62 bits per heavy atom. The summed E-state index contributed by atoms with van der Waals surface area (Å²) < 4.78 is 5.33. The van der Waals surface area contributed by atoms with Crippen molar-refractivity contribution < 1.29 is 4.74 Å². The maximum Gasteiger partial charge on any atom is 0.104 e. The average molecular weight is 236 g/mol. The normalized spacial score (nSPS) is 16.2. The third kappa shape index (κ3) is 2.33. The van der Waals surface area contributed by atoms with Crippen LogP contribution in [0.5, 0.6) is 0 Å². The lowest BCUT2D eigenvalue weighted by Crippen LogP contribution is -2.36. The molecule has 0 spiro atoms. The summed E-state index contributed by atoms with van der Waals surface area (Å²) in [5.74, 6) is 0. The largest absolute Gasteiger partial charge is 0.389 e. The summed E-state index contributed by atoms with van der Waals surface area (Å²) in [5, 5.41) is 0. The molecule has 1 fully saturated rings. The number of hydrogen-bond donors (Lipinski definition) is 1. The van der Waals surface area contributed by atoms with Crippen LogP contribution in [0, 0.1) is 6.92 Å². The molecule has 1 aromatic rings.